The van der Waals surface area contributed by atoms with Gasteiger partial charge in [0.15, 0.2) is 0 Å². The molecule has 1 aliphatic rings. The summed E-state index contributed by atoms with van der Waals surface area (Å²) in [7, 11) is 0. The summed E-state index contributed by atoms with van der Waals surface area (Å²) in [5.74, 6) is 0.138. The van der Waals surface area contributed by atoms with E-state index in [-0.39, 0.29) is 5.91 Å². The number of hydrogen-bond acceptors (Lipinski definition) is 2. The Balaban J connectivity index is 2.14. The molecule has 0 radical (unpaired) electrons. The van der Waals surface area contributed by atoms with E-state index < -0.39 is 0 Å². The minimum absolute atomic E-state index is 0.138. The molecule has 0 N–H and O–H groups in total. The molecule has 1 aromatic heterocycles. The van der Waals surface area contributed by atoms with Gasteiger partial charge in [-0.15, -0.1) is 17.9 Å². The number of thiophene rings is 1. The van der Waals surface area contributed by atoms with Crippen molar-refractivity contribution >= 4 is 33.2 Å². The van der Waals surface area contributed by atoms with E-state index in [0.29, 0.717) is 12.6 Å². The Morgan fingerprint density at radius 3 is 2.82 bits per heavy atom. The molecule has 1 aliphatic carbocycles. The maximum absolute atomic E-state index is 12.4. The molecular formula is C13H16BrNOS. The molecule has 0 atom stereocenters. The summed E-state index contributed by atoms with van der Waals surface area (Å²) in [5, 5.41) is 1.91. The highest BCUT2D eigenvalue weighted by atomic mass is 79.9. The second-order valence-electron chi connectivity index (χ2n) is 4.32. The molecule has 2 rings (SSSR count). The van der Waals surface area contributed by atoms with Gasteiger partial charge in [-0.25, -0.2) is 0 Å². The molecule has 1 aromatic rings. The predicted molar refractivity (Wildman–Crippen MR) is 75.5 cm³/mol. The van der Waals surface area contributed by atoms with Crippen LogP contribution in [0.3, 0.4) is 0 Å². The van der Waals surface area contributed by atoms with Crippen LogP contribution in [0.1, 0.15) is 36.0 Å². The maximum atomic E-state index is 12.4. The average molecular weight is 314 g/mol. The summed E-state index contributed by atoms with van der Waals surface area (Å²) in [6, 6.07) is 2.30. The summed E-state index contributed by atoms with van der Waals surface area (Å²) >= 11 is 4.95. The minimum Gasteiger partial charge on any atom is -0.332 e. The molecule has 1 amide bonds. The summed E-state index contributed by atoms with van der Waals surface area (Å²) in [6.45, 7) is 4.40. The van der Waals surface area contributed by atoms with E-state index in [9.17, 15) is 4.79 Å². The van der Waals surface area contributed by atoms with E-state index in [1.807, 2.05) is 22.4 Å². The second-order valence-corrected chi connectivity index (χ2v) is 6.61. The molecule has 0 bridgehead atoms. The van der Waals surface area contributed by atoms with Gasteiger partial charge in [-0.05, 0) is 34.8 Å². The Kier molecular flexibility index (Phi) is 4.40. The molecular weight excluding hydrogens is 298 g/mol. The maximum Gasteiger partial charge on any atom is 0.255 e. The Hall–Kier alpha value is -0.610. The first-order chi connectivity index (χ1) is 8.22. The minimum atomic E-state index is 0.138. The van der Waals surface area contributed by atoms with E-state index in [1.54, 1.807) is 11.3 Å². The Morgan fingerprint density at radius 1 is 1.59 bits per heavy atom. The van der Waals surface area contributed by atoms with Gasteiger partial charge in [0, 0.05) is 18.0 Å². The fourth-order valence-corrected chi connectivity index (χ4v) is 3.47. The second kappa shape index (κ2) is 5.83. The van der Waals surface area contributed by atoms with Crippen LogP contribution in [0.25, 0.3) is 0 Å². The number of halogens is 1. The zero-order valence-corrected chi connectivity index (χ0v) is 12.1. The van der Waals surface area contributed by atoms with Crippen LogP contribution in [-0.4, -0.2) is 23.4 Å². The van der Waals surface area contributed by atoms with Crippen molar-refractivity contribution in [3.05, 3.63) is 33.5 Å². The van der Waals surface area contributed by atoms with E-state index >= 15 is 0 Å². The molecule has 1 saturated carbocycles. The van der Waals surface area contributed by atoms with E-state index in [1.165, 1.54) is 12.8 Å². The van der Waals surface area contributed by atoms with Crippen molar-refractivity contribution in [3.63, 3.8) is 0 Å². The first kappa shape index (κ1) is 12.8. The monoisotopic (exact) mass is 313 g/mol. The molecule has 0 unspecified atom stereocenters. The lowest BCUT2D eigenvalue weighted by Gasteiger charge is -2.27. The molecule has 4 heteroatoms. The molecule has 2 nitrogen and oxygen atoms in total. The predicted octanol–water partition coefficient (Wildman–Crippen LogP) is 4.08. The largest absolute Gasteiger partial charge is 0.332 e. The topological polar surface area (TPSA) is 20.3 Å². The van der Waals surface area contributed by atoms with Gasteiger partial charge >= 0.3 is 0 Å². The van der Waals surface area contributed by atoms with Crippen molar-refractivity contribution in [1.29, 1.82) is 0 Å². The van der Waals surface area contributed by atoms with Crippen molar-refractivity contribution in [2.24, 2.45) is 0 Å². The van der Waals surface area contributed by atoms with Crippen molar-refractivity contribution < 1.29 is 4.79 Å². The van der Waals surface area contributed by atoms with E-state index in [4.69, 9.17) is 0 Å². The van der Waals surface area contributed by atoms with Gasteiger partial charge in [-0.2, -0.15) is 0 Å². The van der Waals surface area contributed by atoms with Crippen molar-refractivity contribution in [3.8, 4) is 0 Å². The highest BCUT2D eigenvalue weighted by Crippen LogP contribution is 2.27. The lowest BCUT2D eigenvalue weighted by Crippen LogP contribution is -2.38. The fraction of sp³-hybridized carbons (Fsp3) is 0.462. The summed E-state index contributed by atoms with van der Waals surface area (Å²) < 4.78 is 1.01. The third kappa shape index (κ3) is 2.99. The SMILES string of the molecule is C=CCN(C(=O)c1csc(Br)c1)C1CCCC1. The summed E-state index contributed by atoms with van der Waals surface area (Å²) in [4.78, 5) is 14.4. The highest BCUT2D eigenvalue weighted by molar-refractivity contribution is 9.11. The Bertz CT molecular complexity index is 409. The molecule has 1 heterocycles. The van der Waals surface area contributed by atoms with Crippen LogP contribution >= 0.6 is 27.3 Å². The highest BCUT2D eigenvalue weighted by Gasteiger charge is 2.26. The zero-order valence-electron chi connectivity index (χ0n) is 9.69. The van der Waals surface area contributed by atoms with Crippen molar-refractivity contribution in [1.82, 2.24) is 4.90 Å². The number of carbonyl (C=O) groups excluding carboxylic acids is 1. The van der Waals surface area contributed by atoms with Gasteiger partial charge in [0.2, 0.25) is 0 Å². The van der Waals surface area contributed by atoms with Gasteiger partial charge in [0.25, 0.3) is 5.91 Å². The first-order valence-electron chi connectivity index (χ1n) is 5.88. The van der Waals surface area contributed by atoms with Crippen LogP contribution in [0.15, 0.2) is 27.9 Å². The zero-order chi connectivity index (χ0) is 12.3. The van der Waals surface area contributed by atoms with E-state index in [2.05, 4.69) is 22.5 Å². The van der Waals surface area contributed by atoms with Crippen LogP contribution < -0.4 is 0 Å². The lowest BCUT2D eigenvalue weighted by atomic mass is 10.1. The van der Waals surface area contributed by atoms with Crippen LogP contribution in [-0.2, 0) is 0 Å². The van der Waals surface area contributed by atoms with Gasteiger partial charge in [-0.3, -0.25) is 4.79 Å². The molecule has 0 aliphatic heterocycles. The van der Waals surface area contributed by atoms with Gasteiger partial charge in [-0.1, -0.05) is 18.9 Å². The fourth-order valence-electron chi connectivity index (χ4n) is 2.34. The smallest absolute Gasteiger partial charge is 0.255 e. The molecule has 0 saturated heterocycles. The van der Waals surface area contributed by atoms with Crippen LogP contribution in [0.4, 0.5) is 0 Å². The Morgan fingerprint density at radius 2 is 2.29 bits per heavy atom. The lowest BCUT2D eigenvalue weighted by molar-refractivity contribution is 0.0707. The molecule has 0 aromatic carbocycles. The van der Waals surface area contributed by atoms with Gasteiger partial charge < -0.3 is 4.90 Å². The van der Waals surface area contributed by atoms with Gasteiger partial charge in [0.05, 0.1) is 9.35 Å². The summed E-state index contributed by atoms with van der Waals surface area (Å²) in [6.07, 6.45) is 6.55. The molecule has 1 fully saturated rings. The number of nitrogens with zero attached hydrogens (tertiary/aromatic N) is 1. The number of hydrogen-bond donors (Lipinski definition) is 0. The molecule has 17 heavy (non-hydrogen) atoms. The van der Waals surface area contributed by atoms with Crippen LogP contribution in [0, 0.1) is 0 Å². The number of carbonyl (C=O) groups is 1. The number of rotatable bonds is 4. The Labute approximate surface area is 114 Å². The standard InChI is InChI=1S/C13H16BrNOS/c1-2-7-15(11-5-3-4-6-11)13(16)10-8-12(14)17-9-10/h2,8-9,11H,1,3-7H2. The molecule has 92 valence electrons. The molecule has 0 spiro atoms. The first-order valence-corrected chi connectivity index (χ1v) is 7.55. The average Bonchev–Trinajstić information content (AvgIpc) is 2.95. The number of amides is 1. The van der Waals surface area contributed by atoms with E-state index in [0.717, 1.165) is 22.2 Å². The third-order valence-corrected chi connectivity index (χ3v) is 4.67. The quantitative estimate of drug-likeness (QED) is 0.767. The van der Waals surface area contributed by atoms with Crippen LogP contribution in [0.5, 0.6) is 0 Å². The van der Waals surface area contributed by atoms with Crippen molar-refractivity contribution in [2.45, 2.75) is 31.7 Å². The van der Waals surface area contributed by atoms with Gasteiger partial charge in [0.1, 0.15) is 0 Å². The van der Waals surface area contributed by atoms with Crippen molar-refractivity contribution in [2.75, 3.05) is 6.54 Å². The summed E-state index contributed by atoms with van der Waals surface area (Å²) in [5.41, 5.74) is 0.788. The third-order valence-electron chi connectivity index (χ3n) is 3.17. The van der Waals surface area contributed by atoms with Crippen LogP contribution in [0.2, 0.25) is 0 Å². The normalized spacial score (nSPS) is 16.1.